The van der Waals surface area contributed by atoms with E-state index in [0.717, 1.165) is 24.7 Å². The first-order valence-electron chi connectivity index (χ1n) is 5.14. The van der Waals surface area contributed by atoms with Gasteiger partial charge in [0.05, 0.1) is 0 Å². The highest BCUT2D eigenvalue weighted by atomic mass is 35.5. The number of anilines is 1. The highest BCUT2D eigenvalue weighted by molar-refractivity contribution is 8.00. The molecule has 0 amide bonds. The number of rotatable bonds is 2. The van der Waals surface area contributed by atoms with Crippen LogP contribution in [0.1, 0.15) is 13.3 Å². The normalized spacial score (nSPS) is 21.7. The Morgan fingerprint density at radius 2 is 2.33 bits per heavy atom. The highest BCUT2D eigenvalue weighted by Crippen LogP contribution is 2.27. The molecular weight excluding hydrogens is 230 g/mol. The molecule has 1 atom stereocenters. The monoisotopic (exact) mass is 243 g/mol. The lowest BCUT2D eigenvalue weighted by atomic mass is 10.3. The highest BCUT2D eigenvalue weighted by Gasteiger charge is 2.21. The Hall–Kier alpha value is -0.480. The van der Waals surface area contributed by atoms with Gasteiger partial charge in [-0.15, -0.1) is 0 Å². The van der Waals surface area contributed by atoms with Gasteiger partial charge in [-0.2, -0.15) is 11.8 Å². The maximum Gasteiger partial charge on any atom is 0.171 e. The molecule has 0 saturated carbocycles. The van der Waals surface area contributed by atoms with E-state index in [4.69, 9.17) is 11.6 Å². The van der Waals surface area contributed by atoms with E-state index in [1.54, 1.807) is 12.4 Å². The van der Waals surface area contributed by atoms with Crippen LogP contribution in [0.5, 0.6) is 0 Å². The maximum atomic E-state index is 6.03. The van der Waals surface area contributed by atoms with Gasteiger partial charge in [0, 0.05) is 36.5 Å². The second kappa shape index (κ2) is 5.03. The average Bonchev–Trinajstić information content (AvgIpc) is 2.30. The summed E-state index contributed by atoms with van der Waals surface area (Å²) in [7, 11) is 0. The summed E-state index contributed by atoms with van der Waals surface area (Å²) in [5.74, 6) is 1.98. The minimum atomic E-state index is 0.513. The van der Waals surface area contributed by atoms with Crippen molar-refractivity contribution in [2.45, 2.75) is 18.6 Å². The molecule has 1 unspecified atom stereocenters. The van der Waals surface area contributed by atoms with Crippen molar-refractivity contribution in [3.8, 4) is 0 Å². The molecule has 2 rings (SSSR count). The summed E-state index contributed by atoms with van der Waals surface area (Å²) in [6.07, 6.45) is 4.52. The third-order valence-electron chi connectivity index (χ3n) is 2.53. The third kappa shape index (κ3) is 2.55. The second-order valence-electron chi connectivity index (χ2n) is 3.52. The first-order valence-corrected chi connectivity index (χ1v) is 6.57. The molecule has 1 saturated heterocycles. The van der Waals surface area contributed by atoms with Gasteiger partial charge in [-0.25, -0.2) is 9.97 Å². The van der Waals surface area contributed by atoms with Gasteiger partial charge < -0.3 is 4.90 Å². The summed E-state index contributed by atoms with van der Waals surface area (Å²) >= 11 is 8.06. The molecule has 5 heteroatoms. The predicted molar refractivity (Wildman–Crippen MR) is 65.8 cm³/mol. The van der Waals surface area contributed by atoms with Crippen molar-refractivity contribution in [2.75, 3.05) is 23.7 Å². The van der Waals surface area contributed by atoms with E-state index in [9.17, 15) is 0 Å². The number of nitrogens with zero attached hydrogens (tertiary/aromatic N) is 3. The summed E-state index contributed by atoms with van der Waals surface area (Å²) in [6.45, 7) is 4.26. The molecule has 0 N–H and O–H groups in total. The minimum Gasteiger partial charge on any atom is -0.352 e. The molecule has 15 heavy (non-hydrogen) atoms. The maximum absolute atomic E-state index is 6.03. The van der Waals surface area contributed by atoms with Crippen molar-refractivity contribution in [2.24, 2.45) is 0 Å². The summed E-state index contributed by atoms with van der Waals surface area (Å²) in [5.41, 5.74) is 0. The Morgan fingerprint density at radius 1 is 1.53 bits per heavy atom. The topological polar surface area (TPSA) is 29.0 Å². The van der Waals surface area contributed by atoms with E-state index in [-0.39, 0.29) is 0 Å². The molecule has 1 fully saturated rings. The van der Waals surface area contributed by atoms with Crippen LogP contribution in [0.3, 0.4) is 0 Å². The zero-order valence-corrected chi connectivity index (χ0v) is 10.3. The Labute approximate surface area is 99.2 Å². The molecule has 1 aliphatic heterocycles. The lowest BCUT2D eigenvalue weighted by Gasteiger charge is -2.32. The summed E-state index contributed by atoms with van der Waals surface area (Å²) in [5, 5.41) is 1.20. The Balaban J connectivity index is 2.13. The van der Waals surface area contributed by atoms with Crippen LogP contribution in [0.2, 0.25) is 5.15 Å². The van der Waals surface area contributed by atoms with Crippen molar-refractivity contribution < 1.29 is 0 Å². The van der Waals surface area contributed by atoms with Gasteiger partial charge in [-0.05, 0) is 6.42 Å². The van der Waals surface area contributed by atoms with Gasteiger partial charge in [0.2, 0.25) is 0 Å². The van der Waals surface area contributed by atoms with Gasteiger partial charge in [0.25, 0.3) is 0 Å². The molecule has 1 aliphatic rings. The van der Waals surface area contributed by atoms with Gasteiger partial charge >= 0.3 is 0 Å². The van der Waals surface area contributed by atoms with Crippen LogP contribution in [0.4, 0.5) is 5.82 Å². The van der Waals surface area contributed by atoms with E-state index in [2.05, 4.69) is 21.8 Å². The molecule has 0 spiro atoms. The zero-order valence-electron chi connectivity index (χ0n) is 8.69. The van der Waals surface area contributed by atoms with E-state index < -0.39 is 0 Å². The van der Waals surface area contributed by atoms with Gasteiger partial charge in [0.15, 0.2) is 11.0 Å². The largest absolute Gasteiger partial charge is 0.352 e. The molecule has 0 bridgehead atoms. The molecule has 0 radical (unpaired) electrons. The van der Waals surface area contributed by atoms with Crippen molar-refractivity contribution in [3.63, 3.8) is 0 Å². The molecule has 0 aliphatic carbocycles. The number of hydrogen-bond acceptors (Lipinski definition) is 4. The first-order chi connectivity index (χ1) is 7.31. The molecule has 1 aromatic heterocycles. The summed E-state index contributed by atoms with van der Waals surface area (Å²) in [4.78, 5) is 10.6. The van der Waals surface area contributed by atoms with Crippen LogP contribution in [0, 0.1) is 0 Å². The van der Waals surface area contributed by atoms with Gasteiger partial charge in [0.1, 0.15) is 0 Å². The fourth-order valence-electron chi connectivity index (χ4n) is 1.68. The quantitative estimate of drug-likeness (QED) is 0.798. The lowest BCUT2D eigenvalue weighted by Crippen LogP contribution is -2.38. The third-order valence-corrected chi connectivity index (χ3v) is 4.17. The van der Waals surface area contributed by atoms with Crippen LogP contribution in [-0.2, 0) is 0 Å². The van der Waals surface area contributed by atoms with Crippen LogP contribution in [0.25, 0.3) is 0 Å². The first kappa shape index (κ1) is 11.0. The Kier molecular flexibility index (Phi) is 3.70. The second-order valence-corrected chi connectivity index (χ2v) is 5.28. The number of hydrogen-bond donors (Lipinski definition) is 0. The van der Waals surface area contributed by atoms with Gasteiger partial charge in [-0.3, -0.25) is 0 Å². The van der Waals surface area contributed by atoms with Crippen molar-refractivity contribution in [1.82, 2.24) is 9.97 Å². The number of halogens is 1. The fraction of sp³-hybridized carbons (Fsp3) is 0.600. The van der Waals surface area contributed by atoms with Gasteiger partial charge in [-0.1, -0.05) is 18.5 Å². The van der Waals surface area contributed by atoms with Crippen LogP contribution in [-0.4, -0.2) is 34.1 Å². The van der Waals surface area contributed by atoms with Crippen LogP contribution >= 0.6 is 23.4 Å². The molecule has 2 heterocycles. The van der Waals surface area contributed by atoms with Crippen LogP contribution in [0.15, 0.2) is 12.4 Å². The van der Waals surface area contributed by atoms with Crippen molar-refractivity contribution in [1.29, 1.82) is 0 Å². The number of aromatic nitrogens is 2. The molecule has 0 aromatic carbocycles. The summed E-state index contributed by atoms with van der Waals surface area (Å²) < 4.78 is 0. The average molecular weight is 244 g/mol. The number of thioether (sulfide) groups is 1. The van der Waals surface area contributed by atoms with Crippen LogP contribution < -0.4 is 4.90 Å². The predicted octanol–water partition coefficient (Wildman–Crippen LogP) is 2.46. The van der Waals surface area contributed by atoms with E-state index >= 15 is 0 Å². The fourth-order valence-corrected chi connectivity index (χ4v) is 3.09. The van der Waals surface area contributed by atoms with Crippen molar-refractivity contribution >= 4 is 29.2 Å². The van der Waals surface area contributed by atoms with E-state index in [0.29, 0.717) is 10.4 Å². The molecule has 3 nitrogen and oxygen atoms in total. The Morgan fingerprint density at radius 3 is 3.07 bits per heavy atom. The summed E-state index contributed by atoms with van der Waals surface area (Å²) in [6, 6.07) is 0. The van der Waals surface area contributed by atoms with E-state index in [1.807, 2.05) is 11.8 Å². The lowest BCUT2D eigenvalue weighted by molar-refractivity contribution is 0.718. The Bertz CT molecular complexity index is 334. The molecule has 82 valence electrons. The van der Waals surface area contributed by atoms with E-state index in [1.165, 1.54) is 6.42 Å². The smallest absolute Gasteiger partial charge is 0.171 e. The standard InChI is InChI=1S/C10H14ClN3S/c1-2-8-7-14(5-6-15-8)10-9(11)12-3-4-13-10/h3-4,8H,2,5-7H2,1H3. The van der Waals surface area contributed by atoms with Crippen molar-refractivity contribution in [3.05, 3.63) is 17.5 Å². The SMILES string of the molecule is CCC1CN(c2nccnc2Cl)CCS1. The molecule has 1 aromatic rings. The zero-order chi connectivity index (χ0) is 10.7. The molecular formula is C10H14ClN3S. The minimum absolute atomic E-state index is 0.513.